The Hall–Kier alpha value is -2.27. The summed E-state index contributed by atoms with van der Waals surface area (Å²) in [5.41, 5.74) is 2.74. The van der Waals surface area contributed by atoms with Crippen LogP contribution in [-0.2, 0) is 24.8 Å². The molecule has 2 N–H and O–H groups in total. The molecule has 0 radical (unpaired) electrons. The van der Waals surface area contributed by atoms with Gasteiger partial charge < -0.3 is 5.32 Å². The first-order valence-electron chi connectivity index (χ1n) is 10.4. The number of carbonyl (C=O) groups excluding carboxylic acids is 1. The van der Waals surface area contributed by atoms with Crippen molar-refractivity contribution >= 4 is 31.6 Å². The summed E-state index contributed by atoms with van der Waals surface area (Å²) < 4.78 is 54.0. The maximum absolute atomic E-state index is 13.1. The highest BCUT2D eigenvalue weighted by Crippen LogP contribution is 2.28. The zero-order chi connectivity index (χ0) is 23.7. The molecular weight excluding hydrogens is 450 g/mol. The summed E-state index contributed by atoms with van der Waals surface area (Å²) in [5, 5.41) is 2.82. The van der Waals surface area contributed by atoms with Crippen LogP contribution in [0, 0.1) is 26.7 Å². The second-order valence-electron chi connectivity index (χ2n) is 8.12. The predicted octanol–water partition coefficient (Wildman–Crippen LogP) is 2.56. The van der Waals surface area contributed by atoms with Crippen LogP contribution in [0.2, 0.25) is 0 Å². The number of rotatable bonds is 6. The number of benzene rings is 2. The second-order valence-corrected chi connectivity index (χ2v) is 11.9. The molecule has 10 heteroatoms. The lowest BCUT2D eigenvalue weighted by Crippen LogP contribution is -2.41. The molecule has 32 heavy (non-hydrogen) atoms. The molecule has 1 saturated heterocycles. The fourth-order valence-electron chi connectivity index (χ4n) is 3.74. The summed E-state index contributed by atoms with van der Waals surface area (Å²) in [4.78, 5) is 13.2. The van der Waals surface area contributed by atoms with Gasteiger partial charge in [-0.2, -0.15) is 4.31 Å². The lowest BCUT2D eigenvalue weighted by atomic mass is 9.97. The number of amides is 1. The van der Waals surface area contributed by atoms with Gasteiger partial charge in [0.25, 0.3) is 0 Å². The summed E-state index contributed by atoms with van der Waals surface area (Å²) in [6, 6.07) is 9.90. The third-order valence-corrected chi connectivity index (χ3v) is 9.28. The molecule has 2 aromatic carbocycles. The van der Waals surface area contributed by atoms with E-state index in [1.165, 1.54) is 23.5 Å². The van der Waals surface area contributed by atoms with Gasteiger partial charge >= 0.3 is 0 Å². The van der Waals surface area contributed by atoms with Crippen LogP contribution in [0.1, 0.15) is 29.5 Å². The highest BCUT2D eigenvalue weighted by molar-refractivity contribution is 7.89. The van der Waals surface area contributed by atoms with Crippen molar-refractivity contribution in [2.75, 3.05) is 25.5 Å². The van der Waals surface area contributed by atoms with E-state index in [4.69, 9.17) is 0 Å². The number of hydrogen-bond donors (Lipinski definition) is 2. The van der Waals surface area contributed by atoms with Crippen LogP contribution < -0.4 is 10.0 Å². The first kappa shape index (κ1) is 24.4. The number of anilines is 1. The van der Waals surface area contributed by atoms with Gasteiger partial charge in [0, 0.05) is 24.7 Å². The number of piperidine rings is 1. The maximum Gasteiger partial charge on any atom is 0.243 e. The third kappa shape index (κ3) is 5.03. The maximum atomic E-state index is 13.1. The van der Waals surface area contributed by atoms with Crippen LogP contribution in [0.4, 0.5) is 5.69 Å². The van der Waals surface area contributed by atoms with E-state index in [-0.39, 0.29) is 29.8 Å². The van der Waals surface area contributed by atoms with Gasteiger partial charge in [0.1, 0.15) is 0 Å². The number of carbonyl (C=O) groups is 1. The third-order valence-electron chi connectivity index (χ3n) is 5.83. The Morgan fingerprint density at radius 2 is 1.56 bits per heavy atom. The van der Waals surface area contributed by atoms with E-state index in [2.05, 4.69) is 10.0 Å². The summed E-state index contributed by atoms with van der Waals surface area (Å²) >= 11 is 0. The molecule has 3 rings (SSSR count). The molecule has 0 atom stereocenters. The normalized spacial score (nSPS) is 16.1. The van der Waals surface area contributed by atoms with Crippen molar-refractivity contribution in [3.63, 3.8) is 0 Å². The van der Waals surface area contributed by atoms with Crippen molar-refractivity contribution < 1.29 is 21.6 Å². The Morgan fingerprint density at radius 1 is 0.938 bits per heavy atom. The van der Waals surface area contributed by atoms with E-state index in [0.29, 0.717) is 29.0 Å². The second kappa shape index (κ2) is 9.30. The Morgan fingerprint density at radius 3 is 2.19 bits per heavy atom. The van der Waals surface area contributed by atoms with Gasteiger partial charge in [0.05, 0.1) is 9.79 Å². The predicted molar refractivity (Wildman–Crippen MR) is 123 cm³/mol. The molecule has 8 nitrogen and oxygen atoms in total. The molecule has 1 aliphatic heterocycles. The summed E-state index contributed by atoms with van der Waals surface area (Å²) in [6.45, 7) is 5.91. The van der Waals surface area contributed by atoms with Crippen LogP contribution in [0.5, 0.6) is 0 Å². The lowest BCUT2D eigenvalue weighted by molar-refractivity contribution is -0.120. The number of hydrogen-bond acceptors (Lipinski definition) is 5. The van der Waals surface area contributed by atoms with Gasteiger partial charge in [-0.3, -0.25) is 4.79 Å². The van der Waals surface area contributed by atoms with Gasteiger partial charge in [0.2, 0.25) is 26.0 Å². The van der Waals surface area contributed by atoms with Gasteiger partial charge in [-0.15, -0.1) is 0 Å². The Kier molecular flexibility index (Phi) is 7.09. The highest BCUT2D eigenvalue weighted by Gasteiger charge is 2.33. The number of aryl methyl sites for hydroxylation is 3. The monoisotopic (exact) mass is 479 g/mol. The van der Waals surface area contributed by atoms with Gasteiger partial charge in [0.15, 0.2) is 0 Å². The Labute approximate surface area is 190 Å². The van der Waals surface area contributed by atoms with Crippen molar-refractivity contribution in [3.05, 3.63) is 53.1 Å². The van der Waals surface area contributed by atoms with E-state index in [9.17, 15) is 21.6 Å². The summed E-state index contributed by atoms with van der Waals surface area (Å²) in [5.74, 6) is -0.597. The van der Waals surface area contributed by atoms with E-state index in [1.807, 2.05) is 13.0 Å². The Balaban J connectivity index is 1.70. The van der Waals surface area contributed by atoms with Crippen molar-refractivity contribution in [1.82, 2.24) is 9.03 Å². The molecule has 1 fully saturated rings. The fourth-order valence-corrected chi connectivity index (χ4v) is 6.27. The summed E-state index contributed by atoms with van der Waals surface area (Å²) in [6.07, 6.45) is 0.785. The van der Waals surface area contributed by atoms with Gasteiger partial charge in [-0.05, 0) is 75.5 Å². The first-order valence-corrected chi connectivity index (χ1v) is 13.3. The quantitative estimate of drug-likeness (QED) is 0.661. The van der Waals surface area contributed by atoms with Crippen molar-refractivity contribution in [3.8, 4) is 0 Å². The molecule has 0 bridgehead atoms. The average Bonchev–Trinajstić information content (AvgIpc) is 2.76. The lowest BCUT2D eigenvalue weighted by Gasteiger charge is -2.31. The minimum absolute atomic E-state index is 0.0651. The van der Waals surface area contributed by atoms with E-state index >= 15 is 0 Å². The van der Waals surface area contributed by atoms with Crippen LogP contribution in [0.15, 0.2) is 46.2 Å². The zero-order valence-corrected chi connectivity index (χ0v) is 20.3. The van der Waals surface area contributed by atoms with Crippen molar-refractivity contribution in [2.45, 2.75) is 43.4 Å². The SMILES string of the molecule is CNS(=O)(=O)c1ccc(C)c(NC(=O)C2CCN(S(=O)(=O)c3cc(C)ccc3C)CC2)c1. The fraction of sp³-hybridized carbons (Fsp3) is 0.409. The Bertz CT molecular complexity index is 1230. The molecular formula is C22H29N3O5S2. The molecule has 1 heterocycles. The molecule has 1 aliphatic rings. The number of nitrogens with zero attached hydrogens (tertiary/aromatic N) is 1. The van der Waals surface area contributed by atoms with Crippen LogP contribution >= 0.6 is 0 Å². The number of nitrogens with one attached hydrogen (secondary N) is 2. The molecule has 174 valence electrons. The molecule has 0 spiro atoms. The minimum atomic E-state index is -3.63. The van der Waals surface area contributed by atoms with Crippen molar-refractivity contribution in [1.29, 1.82) is 0 Å². The molecule has 0 saturated carbocycles. The van der Waals surface area contributed by atoms with Crippen LogP contribution in [0.3, 0.4) is 0 Å². The van der Waals surface area contributed by atoms with Crippen LogP contribution in [0.25, 0.3) is 0 Å². The van der Waals surface area contributed by atoms with E-state index in [1.54, 1.807) is 32.0 Å². The minimum Gasteiger partial charge on any atom is -0.326 e. The molecule has 0 unspecified atom stereocenters. The summed E-state index contributed by atoms with van der Waals surface area (Å²) in [7, 11) is -5.93. The molecule has 0 aromatic heterocycles. The van der Waals surface area contributed by atoms with Gasteiger partial charge in [-0.25, -0.2) is 21.6 Å². The smallest absolute Gasteiger partial charge is 0.243 e. The van der Waals surface area contributed by atoms with E-state index in [0.717, 1.165) is 11.1 Å². The van der Waals surface area contributed by atoms with Crippen LogP contribution in [-0.4, -0.2) is 47.2 Å². The standard InChI is InChI=1S/C22H29N3O5S2/c1-15-5-6-17(3)21(13-15)32(29,30)25-11-9-18(10-12-25)22(26)24-20-14-19(8-7-16(20)2)31(27,28)23-4/h5-8,13-14,18,23H,9-12H2,1-4H3,(H,24,26). The largest absolute Gasteiger partial charge is 0.326 e. The zero-order valence-electron chi connectivity index (χ0n) is 18.7. The van der Waals surface area contributed by atoms with Gasteiger partial charge in [-0.1, -0.05) is 18.2 Å². The topological polar surface area (TPSA) is 113 Å². The van der Waals surface area contributed by atoms with E-state index < -0.39 is 20.0 Å². The number of sulfonamides is 2. The molecule has 0 aliphatic carbocycles. The molecule has 2 aromatic rings. The van der Waals surface area contributed by atoms with Crippen molar-refractivity contribution in [2.24, 2.45) is 5.92 Å². The average molecular weight is 480 g/mol. The molecule has 1 amide bonds. The first-order chi connectivity index (χ1) is 15.0. The highest BCUT2D eigenvalue weighted by atomic mass is 32.2.